The summed E-state index contributed by atoms with van der Waals surface area (Å²) in [7, 11) is 0. The highest BCUT2D eigenvalue weighted by Crippen LogP contribution is 2.48. The molecule has 0 aromatic heterocycles. The van der Waals surface area contributed by atoms with Crippen molar-refractivity contribution in [3.8, 4) is 0 Å². The third-order valence-electron chi connectivity index (χ3n) is 3.52. The molecule has 0 amide bonds. The largest absolute Gasteiger partial charge is 0.300 e. The van der Waals surface area contributed by atoms with Gasteiger partial charge >= 0.3 is 0 Å². The van der Waals surface area contributed by atoms with Crippen molar-refractivity contribution < 1.29 is 4.79 Å². The molecule has 0 spiro atoms. The molecule has 2 aliphatic carbocycles. The predicted molar refractivity (Wildman–Crippen MR) is 53.4 cm³/mol. The van der Waals surface area contributed by atoms with Gasteiger partial charge in [0, 0.05) is 12.8 Å². The van der Waals surface area contributed by atoms with E-state index in [1.807, 2.05) is 0 Å². The van der Waals surface area contributed by atoms with Gasteiger partial charge in [-0.3, -0.25) is 4.79 Å². The van der Waals surface area contributed by atoms with E-state index in [1.54, 1.807) is 0 Å². The average Bonchev–Trinajstić information content (AvgIpc) is 2.02. The van der Waals surface area contributed by atoms with Crippen molar-refractivity contribution in [3.63, 3.8) is 0 Å². The van der Waals surface area contributed by atoms with E-state index < -0.39 is 0 Å². The van der Waals surface area contributed by atoms with E-state index >= 15 is 0 Å². The van der Waals surface area contributed by atoms with Crippen molar-refractivity contribution in [2.24, 2.45) is 11.3 Å². The van der Waals surface area contributed by atoms with E-state index in [4.69, 9.17) is 0 Å². The van der Waals surface area contributed by atoms with Crippen LogP contribution in [-0.4, -0.2) is 5.78 Å². The Morgan fingerprint density at radius 1 is 1.62 bits per heavy atom. The van der Waals surface area contributed by atoms with Gasteiger partial charge in [-0.2, -0.15) is 0 Å². The number of allylic oxidation sites excluding steroid dienone is 3. The summed E-state index contributed by atoms with van der Waals surface area (Å²) in [6.07, 6.45) is 7.86. The van der Waals surface area contributed by atoms with Crippen molar-refractivity contribution >= 4 is 5.78 Å². The van der Waals surface area contributed by atoms with Gasteiger partial charge in [0.2, 0.25) is 0 Å². The molecule has 2 unspecified atom stereocenters. The van der Waals surface area contributed by atoms with Gasteiger partial charge < -0.3 is 0 Å². The molecular weight excluding hydrogens is 160 g/mol. The third-order valence-corrected chi connectivity index (χ3v) is 3.52. The number of hydrogen-bond donors (Lipinski definition) is 0. The first-order chi connectivity index (χ1) is 6.12. The minimum atomic E-state index is 0.182. The van der Waals surface area contributed by atoms with E-state index in [0.717, 1.165) is 25.7 Å². The monoisotopic (exact) mass is 176 g/mol. The maximum atomic E-state index is 11.4. The molecule has 2 aliphatic rings. The summed E-state index contributed by atoms with van der Waals surface area (Å²) < 4.78 is 0. The lowest BCUT2D eigenvalue weighted by Gasteiger charge is -2.43. The van der Waals surface area contributed by atoms with Gasteiger partial charge in [0.05, 0.1) is 0 Å². The van der Waals surface area contributed by atoms with Crippen LogP contribution >= 0.6 is 0 Å². The number of Topliss-reactive ketones (excluding diaryl/α,β-unsaturated/α-hetero) is 1. The number of carbonyl (C=O) groups is 1. The number of carbonyl (C=O) groups excluding carboxylic acids is 1. The van der Waals surface area contributed by atoms with Crippen LogP contribution in [0.2, 0.25) is 0 Å². The Labute approximate surface area is 79.5 Å². The van der Waals surface area contributed by atoms with Gasteiger partial charge in [-0.25, -0.2) is 0 Å². The topological polar surface area (TPSA) is 17.1 Å². The molecular formula is C12H16O. The minimum absolute atomic E-state index is 0.182. The van der Waals surface area contributed by atoms with Crippen LogP contribution in [0.5, 0.6) is 0 Å². The average molecular weight is 176 g/mol. The summed E-state index contributed by atoms with van der Waals surface area (Å²) in [5, 5.41) is 0. The zero-order valence-electron chi connectivity index (χ0n) is 8.18. The van der Waals surface area contributed by atoms with Crippen LogP contribution in [0.4, 0.5) is 0 Å². The Morgan fingerprint density at radius 2 is 2.38 bits per heavy atom. The normalized spacial score (nSPS) is 39.0. The highest BCUT2D eigenvalue weighted by molar-refractivity contribution is 5.80. The first kappa shape index (κ1) is 8.74. The van der Waals surface area contributed by atoms with Crippen LogP contribution in [-0.2, 0) is 4.79 Å². The summed E-state index contributed by atoms with van der Waals surface area (Å²) in [5.74, 6) is 0.983. The van der Waals surface area contributed by atoms with Crippen LogP contribution in [0, 0.1) is 11.3 Å². The highest BCUT2D eigenvalue weighted by atomic mass is 16.1. The molecule has 0 bridgehead atoms. The van der Waals surface area contributed by atoms with Crippen LogP contribution in [0.3, 0.4) is 0 Å². The van der Waals surface area contributed by atoms with Crippen molar-refractivity contribution in [1.29, 1.82) is 0 Å². The van der Waals surface area contributed by atoms with E-state index in [9.17, 15) is 4.79 Å². The van der Waals surface area contributed by atoms with Gasteiger partial charge in [0.15, 0.2) is 0 Å². The first-order valence-corrected chi connectivity index (χ1v) is 4.99. The van der Waals surface area contributed by atoms with Crippen LogP contribution in [0.15, 0.2) is 24.3 Å². The second-order valence-corrected chi connectivity index (χ2v) is 4.64. The van der Waals surface area contributed by atoms with Crippen LogP contribution in [0.25, 0.3) is 0 Å². The lowest BCUT2D eigenvalue weighted by molar-refractivity contribution is -0.124. The summed E-state index contributed by atoms with van der Waals surface area (Å²) in [6, 6.07) is 0. The molecule has 0 aliphatic heterocycles. The van der Waals surface area contributed by atoms with Crippen molar-refractivity contribution in [2.45, 2.75) is 32.6 Å². The molecule has 1 nitrogen and oxygen atoms in total. The molecule has 0 N–H and O–H groups in total. The number of ketones is 1. The molecule has 2 atom stereocenters. The molecule has 2 rings (SSSR count). The SMILES string of the molecule is C=C1C=CCC2(C)CC(=O)CCC12. The lowest BCUT2D eigenvalue weighted by atomic mass is 9.61. The molecule has 0 saturated heterocycles. The minimum Gasteiger partial charge on any atom is -0.300 e. The van der Waals surface area contributed by atoms with Crippen LogP contribution < -0.4 is 0 Å². The summed E-state index contributed by atoms with van der Waals surface area (Å²) in [6.45, 7) is 6.30. The molecule has 0 aromatic carbocycles. The molecule has 0 heterocycles. The summed E-state index contributed by atoms with van der Waals surface area (Å²) in [5.41, 5.74) is 1.41. The van der Waals surface area contributed by atoms with E-state index in [-0.39, 0.29) is 5.41 Å². The molecule has 1 fully saturated rings. The molecule has 13 heavy (non-hydrogen) atoms. The standard InChI is InChI=1S/C12H16O/c1-9-4-3-7-12(2)8-10(13)5-6-11(9)12/h3-4,11H,1,5-8H2,2H3. The molecule has 1 saturated carbocycles. The first-order valence-electron chi connectivity index (χ1n) is 4.99. The van der Waals surface area contributed by atoms with Crippen LogP contribution in [0.1, 0.15) is 32.6 Å². The Morgan fingerprint density at radius 3 is 3.15 bits per heavy atom. The molecule has 1 heteroatoms. The molecule has 0 radical (unpaired) electrons. The van der Waals surface area contributed by atoms with E-state index in [0.29, 0.717) is 11.7 Å². The molecule has 0 aromatic rings. The number of rotatable bonds is 0. The van der Waals surface area contributed by atoms with Crippen molar-refractivity contribution in [2.75, 3.05) is 0 Å². The van der Waals surface area contributed by atoms with Gasteiger partial charge in [-0.15, -0.1) is 0 Å². The Hall–Kier alpha value is -0.850. The molecule has 70 valence electrons. The Kier molecular flexibility index (Phi) is 1.90. The van der Waals surface area contributed by atoms with Gasteiger partial charge in [0.25, 0.3) is 0 Å². The van der Waals surface area contributed by atoms with E-state index in [1.165, 1.54) is 5.57 Å². The Balaban J connectivity index is 2.29. The fourth-order valence-electron chi connectivity index (χ4n) is 2.76. The fourth-order valence-corrected chi connectivity index (χ4v) is 2.76. The predicted octanol–water partition coefficient (Wildman–Crippen LogP) is 2.88. The second kappa shape index (κ2) is 2.83. The maximum Gasteiger partial charge on any atom is 0.133 e. The van der Waals surface area contributed by atoms with Crippen molar-refractivity contribution in [1.82, 2.24) is 0 Å². The zero-order valence-corrected chi connectivity index (χ0v) is 8.18. The fraction of sp³-hybridized carbons (Fsp3) is 0.583. The number of hydrogen-bond acceptors (Lipinski definition) is 1. The highest BCUT2D eigenvalue weighted by Gasteiger charge is 2.41. The van der Waals surface area contributed by atoms with Gasteiger partial charge in [0.1, 0.15) is 5.78 Å². The maximum absolute atomic E-state index is 11.4. The quantitative estimate of drug-likeness (QED) is 0.554. The smallest absolute Gasteiger partial charge is 0.133 e. The number of fused-ring (bicyclic) bond motifs is 1. The Bertz CT molecular complexity index is 287. The zero-order chi connectivity index (χ0) is 9.47. The van der Waals surface area contributed by atoms with Gasteiger partial charge in [-0.05, 0) is 24.2 Å². The van der Waals surface area contributed by atoms with E-state index in [2.05, 4.69) is 25.7 Å². The van der Waals surface area contributed by atoms with Gasteiger partial charge in [-0.1, -0.05) is 31.2 Å². The summed E-state index contributed by atoms with van der Waals surface area (Å²) in [4.78, 5) is 11.4. The second-order valence-electron chi connectivity index (χ2n) is 4.64. The summed E-state index contributed by atoms with van der Waals surface area (Å²) >= 11 is 0. The lowest BCUT2D eigenvalue weighted by Crippen LogP contribution is -2.36. The van der Waals surface area contributed by atoms with Crippen molar-refractivity contribution in [3.05, 3.63) is 24.3 Å². The third kappa shape index (κ3) is 1.37.